The third kappa shape index (κ3) is 8.98. The van der Waals surface area contributed by atoms with E-state index in [1.807, 2.05) is 22.6 Å². The number of benzene rings is 2. The highest BCUT2D eigenvalue weighted by Crippen LogP contribution is 2.25. The Kier molecular flexibility index (Phi) is 11.3. The van der Waals surface area contributed by atoms with Gasteiger partial charge in [0.1, 0.15) is 12.1 Å². The highest BCUT2D eigenvalue weighted by atomic mass is 127. The first-order valence-corrected chi connectivity index (χ1v) is 12.3. The van der Waals surface area contributed by atoms with E-state index in [1.54, 1.807) is 24.3 Å². The van der Waals surface area contributed by atoms with E-state index >= 15 is 0 Å². The smallest absolute Gasteiger partial charge is 0.341 e. The predicted molar refractivity (Wildman–Crippen MR) is 141 cm³/mol. The summed E-state index contributed by atoms with van der Waals surface area (Å²) in [5.41, 5.74) is 0.206. The second-order valence-electron chi connectivity index (χ2n) is 7.43. The summed E-state index contributed by atoms with van der Waals surface area (Å²) in [6.45, 7) is 0.339. The van der Waals surface area contributed by atoms with E-state index in [1.165, 1.54) is 25.1 Å². The lowest BCUT2D eigenvalue weighted by atomic mass is 10.1. The number of amides is 3. The van der Waals surface area contributed by atoms with Gasteiger partial charge in [-0.1, -0.05) is 41.4 Å². The number of ether oxygens (including phenoxy) is 1. The van der Waals surface area contributed by atoms with Crippen LogP contribution < -0.4 is 16.0 Å². The van der Waals surface area contributed by atoms with Crippen LogP contribution in [0.4, 0.5) is 5.69 Å². The molecular weight excluding hydrogens is 644 g/mol. The summed E-state index contributed by atoms with van der Waals surface area (Å²) in [6, 6.07) is 8.04. The van der Waals surface area contributed by atoms with E-state index in [4.69, 9.17) is 33.0 Å². The minimum atomic E-state index is -1.60. The van der Waals surface area contributed by atoms with Gasteiger partial charge >= 0.3 is 23.8 Å². The molecule has 0 saturated heterocycles. The molecule has 0 fully saturated rings. The monoisotopic (exact) mass is 663 g/mol. The van der Waals surface area contributed by atoms with Gasteiger partial charge in [-0.3, -0.25) is 24.0 Å². The van der Waals surface area contributed by atoms with Gasteiger partial charge in [0.15, 0.2) is 12.4 Å². The Morgan fingerprint density at radius 3 is 2.16 bits per heavy atom. The van der Waals surface area contributed by atoms with E-state index in [0.717, 1.165) is 0 Å². The molecule has 3 amide bonds. The average Bonchev–Trinajstić information content (AvgIpc) is 2.82. The van der Waals surface area contributed by atoms with Gasteiger partial charge in [-0.05, 0) is 53.8 Å². The molecule has 14 heteroatoms. The lowest BCUT2D eigenvalue weighted by molar-refractivity contribution is -0.141. The molecule has 0 spiro atoms. The molecular formula is C23H20Cl2IN3O8. The molecule has 0 bridgehead atoms. The van der Waals surface area contributed by atoms with Crippen LogP contribution in [-0.4, -0.2) is 59.2 Å². The number of hydrogen-bond donors (Lipinski definition) is 4. The largest absolute Gasteiger partial charge is 0.481 e. The quantitative estimate of drug-likeness (QED) is 0.171. The summed E-state index contributed by atoms with van der Waals surface area (Å²) in [6.07, 6.45) is -0.831. The second-order valence-corrected chi connectivity index (χ2v) is 9.40. The topological polar surface area (TPSA) is 168 Å². The van der Waals surface area contributed by atoms with Gasteiger partial charge in [-0.15, -0.1) is 0 Å². The number of ketones is 1. The number of carboxylic acids is 1. The van der Waals surface area contributed by atoms with Crippen LogP contribution in [0.3, 0.4) is 0 Å². The molecule has 37 heavy (non-hydrogen) atoms. The van der Waals surface area contributed by atoms with E-state index in [-0.39, 0.29) is 15.6 Å². The number of anilines is 1. The van der Waals surface area contributed by atoms with E-state index < -0.39 is 60.6 Å². The summed E-state index contributed by atoms with van der Waals surface area (Å²) >= 11 is 13.8. The lowest BCUT2D eigenvalue weighted by Gasteiger charge is -2.19. The van der Waals surface area contributed by atoms with Crippen molar-refractivity contribution in [3.05, 3.63) is 61.6 Å². The van der Waals surface area contributed by atoms with Gasteiger partial charge in [-0.2, -0.15) is 0 Å². The van der Waals surface area contributed by atoms with Crippen molar-refractivity contribution in [1.29, 1.82) is 0 Å². The molecule has 0 aliphatic carbocycles. The van der Waals surface area contributed by atoms with E-state index in [0.29, 0.717) is 9.26 Å². The number of nitrogens with one attached hydrogen (secondary N) is 3. The maximum atomic E-state index is 12.5. The number of esters is 1. The van der Waals surface area contributed by atoms with Crippen molar-refractivity contribution in [2.75, 3.05) is 11.9 Å². The Labute approximate surface area is 234 Å². The molecule has 0 radical (unpaired) electrons. The minimum absolute atomic E-state index is 0.0177. The number of carbonyl (C=O) groups excluding carboxylic acids is 5. The van der Waals surface area contributed by atoms with Crippen LogP contribution in [0.5, 0.6) is 0 Å². The lowest BCUT2D eigenvalue weighted by Crippen LogP contribution is -2.53. The van der Waals surface area contributed by atoms with Crippen molar-refractivity contribution < 1.29 is 38.6 Å². The fourth-order valence-electron chi connectivity index (χ4n) is 2.79. The van der Waals surface area contributed by atoms with Crippen LogP contribution >= 0.6 is 45.8 Å². The van der Waals surface area contributed by atoms with Crippen molar-refractivity contribution >= 4 is 86.9 Å². The van der Waals surface area contributed by atoms with Gasteiger partial charge in [0.05, 0.1) is 27.7 Å². The van der Waals surface area contributed by atoms with Crippen LogP contribution in [0.2, 0.25) is 10.0 Å². The third-order valence-corrected chi connectivity index (χ3v) is 6.24. The molecule has 2 aromatic carbocycles. The number of halogens is 3. The Balaban J connectivity index is 1.98. The van der Waals surface area contributed by atoms with Crippen molar-refractivity contribution in [1.82, 2.24) is 10.6 Å². The van der Waals surface area contributed by atoms with Gasteiger partial charge in [-0.25, -0.2) is 4.79 Å². The molecule has 0 unspecified atom stereocenters. The molecule has 2 atom stereocenters. The summed E-state index contributed by atoms with van der Waals surface area (Å²) < 4.78 is 5.57. The molecule has 11 nitrogen and oxygen atoms in total. The Morgan fingerprint density at radius 2 is 1.57 bits per heavy atom. The number of carbonyl (C=O) groups is 6. The van der Waals surface area contributed by atoms with E-state index in [9.17, 15) is 28.8 Å². The van der Waals surface area contributed by atoms with Gasteiger partial charge in [0.2, 0.25) is 5.91 Å². The predicted octanol–water partition coefficient (Wildman–Crippen LogP) is 2.43. The number of aliphatic carboxylic acids is 1. The summed E-state index contributed by atoms with van der Waals surface area (Å²) in [7, 11) is 0. The van der Waals surface area contributed by atoms with Gasteiger partial charge < -0.3 is 25.8 Å². The summed E-state index contributed by atoms with van der Waals surface area (Å²) in [5, 5.41) is 15.8. The zero-order chi connectivity index (χ0) is 27.7. The second kappa shape index (κ2) is 13.9. The standard InChI is InChI=1S/C23H20Cl2IN3O8/c1-11(27-21(34)22(35)28-15-8-3-2-7-14(15)26)20(33)29-16(9-18(31)32)17(30)10-37-23(36)19-12(24)5-4-6-13(19)25/h2-8,11,16H,9-10H2,1H3,(H,27,34)(H,28,35)(H,29,33)(H,31,32)/t11-,16-/m0/s1. The fraction of sp³-hybridized carbons (Fsp3) is 0.217. The highest BCUT2D eigenvalue weighted by molar-refractivity contribution is 14.1. The summed E-state index contributed by atoms with van der Waals surface area (Å²) in [5.74, 6) is -6.50. The normalized spacial score (nSPS) is 12.0. The first kappa shape index (κ1) is 30.0. The molecule has 4 N–H and O–H groups in total. The number of rotatable bonds is 10. The zero-order valence-electron chi connectivity index (χ0n) is 19.0. The summed E-state index contributed by atoms with van der Waals surface area (Å²) in [4.78, 5) is 72.9. The first-order valence-electron chi connectivity index (χ1n) is 10.4. The molecule has 0 aromatic heterocycles. The fourth-order valence-corrected chi connectivity index (χ4v) is 3.86. The average molecular weight is 664 g/mol. The molecule has 196 valence electrons. The van der Waals surface area contributed by atoms with E-state index in [2.05, 4.69) is 16.0 Å². The number of hydrogen-bond acceptors (Lipinski definition) is 7. The Morgan fingerprint density at radius 1 is 0.946 bits per heavy atom. The van der Waals surface area contributed by atoms with Crippen molar-refractivity contribution in [2.45, 2.75) is 25.4 Å². The van der Waals surface area contributed by atoms with Crippen LogP contribution in [0.25, 0.3) is 0 Å². The van der Waals surface area contributed by atoms with Crippen LogP contribution in [0, 0.1) is 3.57 Å². The van der Waals surface area contributed by atoms with Crippen molar-refractivity contribution in [3.63, 3.8) is 0 Å². The third-order valence-electron chi connectivity index (χ3n) is 4.67. The Hall–Kier alpha value is -3.23. The first-order chi connectivity index (χ1) is 17.4. The number of carboxylic acid groups (broad SMARTS) is 1. The van der Waals surface area contributed by atoms with Gasteiger partial charge in [0.25, 0.3) is 0 Å². The molecule has 0 aliphatic heterocycles. The maximum absolute atomic E-state index is 12.5. The molecule has 2 aromatic rings. The van der Waals surface area contributed by atoms with Crippen molar-refractivity contribution in [2.24, 2.45) is 0 Å². The molecule has 2 rings (SSSR count). The van der Waals surface area contributed by atoms with Gasteiger partial charge in [0, 0.05) is 3.57 Å². The van der Waals surface area contributed by atoms with Crippen LogP contribution in [-0.2, 0) is 28.7 Å². The van der Waals surface area contributed by atoms with Crippen LogP contribution in [0.15, 0.2) is 42.5 Å². The number of Topliss-reactive ketones (excluding diaryl/α,β-unsaturated/α-hetero) is 1. The Bertz CT molecular complexity index is 1220. The zero-order valence-corrected chi connectivity index (χ0v) is 22.7. The highest BCUT2D eigenvalue weighted by Gasteiger charge is 2.29. The van der Waals surface area contributed by atoms with Crippen molar-refractivity contribution in [3.8, 4) is 0 Å². The van der Waals surface area contributed by atoms with Crippen LogP contribution in [0.1, 0.15) is 23.7 Å². The SMILES string of the molecule is C[C@H](NC(=O)C(=O)Nc1ccccc1I)C(=O)N[C@@H](CC(=O)O)C(=O)COC(=O)c1c(Cl)cccc1Cl. The molecule has 0 heterocycles. The molecule has 0 aliphatic rings. The molecule has 0 saturated carbocycles. The number of para-hydroxylation sites is 1. The minimum Gasteiger partial charge on any atom is -0.481 e. The maximum Gasteiger partial charge on any atom is 0.341 e.